The molecule has 0 saturated heterocycles. The standard InChI is InChI=1S/C16H25NOS/c1-5-10-17(11-9-14(2)19-4)13-15-7-6-8-16(12-15)18-3/h5-8,12,14H,1,9-11,13H2,2-4H3/t14-/m0/s1. The normalized spacial score (nSPS) is 12.4. The first-order valence-corrected chi connectivity index (χ1v) is 7.97. The van der Waals surface area contributed by atoms with Crippen LogP contribution in [0.15, 0.2) is 36.9 Å². The van der Waals surface area contributed by atoms with Crippen molar-refractivity contribution in [2.45, 2.75) is 25.1 Å². The van der Waals surface area contributed by atoms with Crippen molar-refractivity contribution >= 4 is 11.8 Å². The molecule has 0 heterocycles. The minimum Gasteiger partial charge on any atom is -0.497 e. The minimum atomic E-state index is 0.706. The smallest absolute Gasteiger partial charge is 0.119 e. The molecule has 1 atom stereocenters. The second kappa shape index (κ2) is 9.05. The van der Waals surface area contributed by atoms with Gasteiger partial charge in [0.05, 0.1) is 7.11 Å². The molecule has 0 aliphatic heterocycles. The molecular weight excluding hydrogens is 254 g/mol. The fourth-order valence-corrected chi connectivity index (χ4v) is 2.27. The first-order valence-electron chi connectivity index (χ1n) is 6.68. The Hall–Kier alpha value is -0.930. The highest BCUT2D eigenvalue weighted by atomic mass is 32.2. The summed E-state index contributed by atoms with van der Waals surface area (Å²) in [7, 11) is 1.71. The Morgan fingerprint density at radius 1 is 1.47 bits per heavy atom. The van der Waals surface area contributed by atoms with E-state index in [9.17, 15) is 0 Å². The number of thioether (sulfide) groups is 1. The molecule has 106 valence electrons. The summed E-state index contributed by atoms with van der Waals surface area (Å²) < 4.78 is 5.27. The molecule has 0 N–H and O–H groups in total. The predicted molar refractivity (Wildman–Crippen MR) is 86.1 cm³/mol. The molecule has 0 radical (unpaired) electrons. The van der Waals surface area contributed by atoms with Crippen LogP contribution in [0.4, 0.5) is 0 Å². The lowest BCUT2D eigenvalue weighted by molar-refractivity contribution is 0.290. The number of benzene rings is 1. The quantitative estimate of drug-likeness (QED) is 0.638. The van der Waals surface area contributed by atoms with E-state index in [1.807, 2.05) is 30.0 Å². The van der Waals surface area contributed by atoms with Crippen LogP contribution in [0.25, 0.3) is 0 Å². The zero-order chi connectivity index (χ0) is 14.1. The third-order valence-electron chi connectivity index (χ3n) is 3.18. The van der Waals surface area contributed by atoms with E-state index in [0.717, 1.165) is 25.4 Å². The Balaban J connectivity index is 2.58. The van der Waals surface area contributed by atoms with Crippen molar-refractivity contribution in [3.05, 3.63) is 42.5 Å². The van der Waals surface area contributed by atoms with Gasteiger partial charge in [-0.3, -0.25) is 4.90 Å². The molecular formula is C16H25NOS. The van der Waals surface area contributed by atoms with Crippen LogP contribution in [0.1, 0.15) is 18.9 Å². The molecule has 0 bridgehead atoms. The van der Waals surface area contributed by atoms with Crippen LogP contribution >= 0.6 is 11.8 Å². The summed E-state index contributed by atoms with van der Waals surface area (Å²) in [6.07, 6.45) is 5.35. The molecule has 0 saturated carbocycles. The number of rotatable bonds is 9. The molecule has 1 aromatic rings. The SMILES string of the molecule is C=CCN(CC[C@H](C)SC)Cc1cccc(OC)c1. The molecule has 0 amide bonds. The fourth-order valence-electron chi connectivity index (χ4n) is 1.93. The molecule has 0 spiro atoms. The highest BCUT2D eigenvalue weighted by Crippen LogP contribution is 2.16. The predicted octanol–water partition coefficient (Wildman–Crippen LogP) is 3.82. The van der Waals surface area contributed by atoms with Gasteiger partial charge in [-0.1, -0.05) is 25.1 Å². The molecule has 0 aromatic heterocycles. The van der Waals surface area contributed by atoms with E-state index in [2.05, 4.69) is 36.8 Å². The van der Waals surface area contributed by atoms with Gasteiger partial charge in [0.2, 0.25) is 0 Å². The average molecular weight is 279 g/mol. The average Bonchev–Trinajstić information content (AvgIpc) is 2.44. The molecule has 1 aromatic carbocycles. The summed E-state index contributed by atoms with van der Waals surface area (Å²) in [5.41, 5.74) is 1.29. The molecule has 0 unspecified atom stereocenters. The van der Waals surface area contributed by atoms with Gasteiger partial charge in [-0.2, -0.15) is 11.8 Å². The van der Waals surface area contributed by atoms with Gasteiger partial charge >= 0.3 is 0 Å². The highest BCUT2D eigenvalue weighted by Gasteiger charge is 2.07. The second-order valence-electron chi connectivity index (χ2n) is 4.71. The van der Waals surface area contributed by atoms with Gasteiger partial charge in [0, 0.05) is 18.3 Å². The van der Waals surface area contributed by atoms with Crippen molar-refractivity contribution < 1.29 is 4.74 Å². The fraction of sp³-hybridized carbons (Fsp3) is 0.500. The maximum atomic E-state index is 5.27. The monoisotopic (exact) mass is 279 g/mol. The minimum absolute atomic E-state index is 0.706. The van der Waals surface area contributed by atoms with Crippen LogP contribution in [0.2, 0.25) is 0 Å². The van der Waals surface area contributed by atoms with Crippen molar-refractivity contribution in [1.29, 1.82) is 0 Å². The summed E-state index contributed by atoms with van der Waals surface area (Å²) in [6, 6.07) is 8.28. The first kappa shape index (κ1) is 16.1. The lowest BCUT2D eigenvalue weighted by Gasteiger charge is -2.22. The van der Waals surface area contributed by atoms with Crippen LogP contribution in [0.3, 0.4) is 0 Å². The molecule has 0 aliphatic rings. The summed E-state index contributed by atoms with van der Waals surface area (Å²) in [4.78, 5) is 2.43. The highest BCUT2D eigenvalue weighted by molar-refractivity contribution is 7.99. The van der Waals surface area contributed by atoms with Crippen molar-refractivity contribution in [3.63, 3.8) is 0 Å². The lowest BCUT2D eigenvalue weighted by Crippen LogP contribution is -2.26. The number of hydrogen-bond donors (Lipinski definition) is 0. The molecule has 3 heteroatoms. The molecule has 0 fully saturated rings. The number of nitrogens with zero attached hydrogens (tertiary/aromatic N) is 1. The van der Waals surface area contributed by atoms with E-state index in [-0.39, 0.29) is 0 Å². The maximum absolute atomic E-state index is 5.27. The Bertz CT molecular complexity index is 381. The van der Waals surface area contributed by atoms with Crippen molar-refractivity contribution in [1.82, 2.24) is 4.90 Å². The van der Waals surface area contributed by atoms with Gasteiger partial charge < -0.3 is 4.74 Å². The van der Waals surface area contributed by atoms with Gasteiger partial charge in [0.25, 0.3) is 0 Å². The Labute approximate surface area is 121 Å². The van der Waals surface area contributed by atoms with Crippen molar-refractivity contribution in [2.24, 2.45) is 0 Å². The third kappa shape index (κ3) is 6.17. The van der Waals surface area contributed by atoms with Gasteiger partial charge in [-0.15, -0.1) is 6.58 Å². The Kier molecular flexibility index (Phi) is 7.68. The number of ether oxygens (including phenoxy) is 1. The largest absolute Gasteiger partial charge is 0.497 e. The van der Waals surface area contributed by atoms with Crippen molar-refractivity contribution in [3.8, 4) is 5.75 Å². The Morgan fingerprint density at radius 2 is 2.26 bits per heavy atom. The van der Waals surface area contributed by atoms with Gasteiger partial charge in [0.1, 0.15) is 5.75 Å². The number of methoxy groups -OCH3 is 1. The molecule has 1 rings (SSSR count). The van der Waals surface area contributed by atoms with Gasteiger partial charge in [-0.25, -0.2) is 0 Å². The molecule has 0 aliphatic carbocycles. The van der Waals surface area contributed by atoms with E-state index >= 15 is 0 Å². The van der Waals surface area contributed by atoms with E-state index in [0.29, 0.717) is 5.25 Å². The van der Waals surface area contributed by atoms with E-state index < -0.39 is 0 Å². The second-order valence-corrected chi connectivity index (χ2v) is 5.99. The summed E-state index contributed by atoms with van der Waals surface area (Å²) in [5.74, 6) is 0.925. The van der Waals surface area contributed by atoms with Gasteiger partial charge in [0.15, 0.2) is 0 Å². The topological polar surface area (TPSA) is 12.5 Å². The van der Waals surface area contributed by atoms with E-state index in [1.54, 1.807) is 7.11 Å². The maximum Gasteiger partial charge on any atom is 0.119 e. The van der Waals surface area contributed by atoms with Crippen LogP contribution in [-0.2, 0) is 6.54 Å². The van der Waals surface area contributed by atoms with Crippen LogP contribution in [0, 0.1) is 0 Å². The van der Waals surface area contributed by atoms with Crippen molar-refractivity contribution in [2.75, 3.05) is 26.5 Å². The van der Waals surface area contributed by atoms with Crippen LogP contribution in [-0.4, -0.2) is 36.6 Å². The summed E-state index contributed by atoms with van der Waals surface area (Å²) in [6.45, 7) is 9.11. The van der Waals surface area contributed by atoms with Gasteiger partial charge in [-0.05, 0) is 36.9 Å². The van der Waals surface area contributed by atoms with E-state index in [4.69, 9.17) is 4.74 Å². The lowest BCUT2D eigenvalue weighted by atomic mass is 10.2. The zero-order valence-electron chi connectivity index (χ0n) is 12.3. The first-order chi connectivity index (χ1) is 9.19. The van der Waals surface area contributed by atoms with E-state index in [1.165, 1.54) is 12.0 Å². The number of hydrogen-bond acceptors (Lipinski definition) is 3. The van der Waals surface area contributed by atoms with Crippen LogP contribution < -0.4 is 4.74 Å². The van der Waals surface area contributed by atoms with Crippen LogP contribution in [0.5, 0.6) is 5.75 Å². The molecule has 19 heavy (non-hydrogen) atoms. The Morgan fingerprint density at radius 3 is 2.89 bits per heavy atom. The third-order valence-corrected chi connectivity index (χ3v) is 4.22. The summed E-state index contributed by atoms with van der Waals surface area (Å²) >= 11 is 1.92. The zero-order valence-corrected chi connectivity index (χ0v) is 13.1. The molecule has 2 nitrogen and oxygen atoms in total. The summed E-state index contributed by atoms with van der Waals surface area (Å²) in [5, 5.41) is 0.706.